The highest BCUT2D eigenvalue weighted by Gasteiger charge is 2.22. The van der Waals surface area contributed by atoms with Gasteiger partial charge in [-0.15, -0.1) is 0 Å². The molecule has 8 heteroatoms. The number of nitro benzene ring substituents is 1. The van der Waals surface area contributed by atoms with Gasteiger partial charge >= 0.3 is 0 Å². The first-order valence-corrected chi connectivity index (χ1v) is 10.8. The highest BCUT2D eigenvalue weighted by molar-refractivity contribution is 5.92. The lowest BCUT2D eigenvalue weighted by atomic mass is 10.0. The van der Waals surface area contributed by atoms with Gasteiger partial charge < -0.3 is 14.2 Å². The van der Waals surface area contributed by atoms with E-state index >= 15 is 0 Å². The molecule has 2 aliphatic rings. The van der Waals surface area contributed by atoms with Gasteiger partial charge in [-0.05, 0) is 61.4 Å². The Morgan fingerprint density at radius 2 is 1.87 bits per heavy atom. The molecule has 0 radical (unpaired) electrons. The maximum Gasteiger partial charge on any atom is 0.281 e. The third-order valence-electron chi connectivity index (χ3n) is 5.84. The Morgan fingerprint density at radius 1 is 1.03 bits per heavy atom. The van der Waals surface area contributed by atoms with Crippen molar-refractivity contribution < 1.29 is 19.1 Å². The molecule has 3 heterocycles. The Balaban J connectivity index is 1.49. The zero-order valence-corrected chi connectivity index (χ0v) is 17.2. The van der Waals surface area contributed by atoms with Crippen LogP contribution in [0, 0.1) is 10.1 Å². The van der Waals surface area contributed by atoms with Gasteiger partial charge in [0.2, 0.25) is 0 Å². The molecule has 5 rings (SSSR count). The summed E-state index contributed by atoms with van der Waals surface area (Å²) in [5, 5.41) is 16.9. The predicted octanol–water partition coefficient (Wildman–Crippen LogP) is 5.22. The molecule has 2 aromatic carbocycles. The second-order valence-electron chi connectivity index (χ2n) is 8.06. The largest absolute Gasteiger partial charge is 0.465 e. The molecule has 31 heavy (non-hydrogen) atoms. The molecule has 162 valence electrons. The molecule has 0 spiro atoms. The molecule has 2 saturated heterocycles. The van der Waals surface area contributed by atoms with Gasteiger partial charge in [-0.3, -0.25) is 10.1 Å². The molecule has 0 amide bonds. The minimum Gasteiger partial charge on any atom is -0.465 e. The summed E-state index contributed by atoms with van der Waals surface area (Å²) < 4.78 is 19.2. The second-order valence-corrected chi connectivity index (χ2v) is 8.06. The van der Waals surface area contributed by atoms with Crippen LogP contribution in [0.2, 0.25) is 0 Å². The van der Waals surface area contributed by atoms with Crippen molar-refractivity contribution in [3.8, 4) is 16.9 Å². The van der Waals surface area contributed by atoms with Gasteiger partial charge in [-0.2, -0.15) is 5.10 Å². The minimum absolute atomic E-state index is 0.0384. The summed E-state index contributed by atoms with van der Waals surface area (Å²) in [5.41, 5.74) is 2.18. The standard InChI is InChI=1S/C23H25N3O5/c27-26(28)21-14-17(13-20-19(21)15-25(24-20)22-8-1-3-10-29-22)16-6-5-7-18(12-16)31-23-9-2-4-11-30-23/h5-7,12-15,22-23H,1-4,8-11H2. The number of hydrogen-bond acceptors (Lipinski definition) is 6. The van der Waals surface area contributed by atoms with E-state index in [9.17, 15) is 10.1 Å². The monoisotopic (exact) mass is 423 g/mol. The third kappa shape index (κ3) is 4.26. The molecule has 0 N–H and O–H groups in total. The van der Waals surface area contributed by atoms with Crippen molar-refractivity contribution in [2.75, 3.05) is 13.2 Å². The zero-order valence-electron chi connectivity index (χ0n) is 17.2. The quantitative estimate of drug-likeness (QED) is 0.413. The van der Waals surface area contributed by atoms with Crippen molar-refractivity contribution in [2.45, 2.75) is 51.0 Å². The maximum absolute atomic E-state index is 11.8. The number of benzene rings is 2. The van der Waals surface area contributed by atoms with E-state index in [2.05, 4.69) is 5.10 Å². The Bertz CT molecular complexity index is 1080. The fourth-order valence-corrected chi connectivity index (χ4v) is 4.23. The summed E-state index contributed by atoms with van der Waals surface area (Å²) in [5.74, 6) is 0.688. The van der Waals surface area contributed by atoms with Crippen molar-refractivity contribution in [1.82, 2.24) is 9.78 Å². The van der Waals surface area contributed by atoms with Crippen LogP contribution in [0.3, 0.4) is 0 Å². The maximum atomic E-state index is 11.8. The Labute approximate surface area is 179 Å². The fraction of sp³-hybridized carbons (Fsp3) is 0.435. The Kier molecular flexibility index (Phi) is 5.57. The molecule has 1 aromatic heterocycles. The number of nitro groups is 1. The molecular formula is C23H25N3O5. The van der Waals surface area contributed by atoms with E-state index in [1.165, 1.54) is 0 Å². The van der Waals surface area contributed by atoms with Crippen LogP contribution in [0.5, 0.6) is 5.75 Å². The number of rotatable bonds is 5. The number of nitrogens with zero attached hydrogens (tertiary/aromatic N) is 3. The number of fused-ring (bicyclic) bond motifs is 1. The highest BCUT2D eigenvalue weighted by Crippen LogP contribution is 2.35. The molecule has 0 aliphatic carbocycles. The molecule has 3 aromatic rings. The van der Waals surface area contributed by atoms with E-state index in [0.717, 1.165) is 49.7 Å². The summed E-state index contributed by atoms with van der Waals surface area (Å²) in [6, 6.07) is 11.1. The fourth-order valence-electron chi connectivity index (χ4n) is 4.23. The van der Waals surface area contributed by atoms with E-state index in [1.54, 1.807) is 16.9 Å². The van der Waals surface area contributed by atoms with Crippen molar-refractivity contribution in [1.29, 1.82) is 0 Å². The average molecular weight is 423 g/mol. The summed E-state index contributed by atoms with van der Waals surface area (Å²) in [6.45, 7) is 1.40. The Morgan fingerprint density at radius 3 is 2.61 bits per heavy atom. The van der Waals surface area contributed by atoms with Crippen LogP contribution < -0.4 is 4.74 Å². The van der Waals surface area contributed by atoms with Crippen molar-refractivity contribution in [3.05, 3.63) is 52.7 Å². The lowest BCUT2D eigenvalue weighted by molar-refractivity contribution is -0.383. The van der Waals surface area contributed by atoms with E-state index in [0.29, 0.717) is 29.9 Å². The smallest absolute Gasteiger partial charge is 0.281 e. The molecule has 2 fully saturated rings. The average Bonchev–Trinajstić information content (AvgIpc) is 3.24. The lowest BCUT2D eigenvalue weighted by Gasteiger charge is -2.23. The number of ether oxygens (including phenoxy) is 3. The summed E-state index contributed by atoms with van der Waals surface area (Å²) in [7, 11) is 0. The molecule has 2 unspecified atom stereocenters. The van der Waals surface area contributed by atoms with Crippen LogP contribution in [0.25, 0.3) is 22.0 Å². The first kappa shape index (κ1) is 20.0. The molecule has 0 bridgehead atoms. The minimum atomic E-state index is -0.351. The normalized spacial score (nSPS) is 21.8. The predicted molar refractivity (Wildman–Crippen MR) is 115 cm³/mol. The lowest BCUT2D eigenvalue weighted by Crippen LogP contribution is -2.24. The van der Waals surface area contributed by atoms with Gasteiger partial charge in [0.15, 0.2) is 6.29 Å². The first-order valence-electron chi connectivity index (χ1n) is 10.8. The van der Waals surface area contributed by atoms with E-state index in [4.69, 9.17) is 14.2 Å². The Hall–Kier alpha value is -2.97. The van der Waals surface area contributed by atoms with Gasteiger partial charge in [-0.25, -0.2) is 4.68 Å². The van der Waals surface area contributed by atoms with Gasteiger partial charge in [-0.1, -0.05) is 12.1 Å². The van der Waals surface area contributed by atoms with E-state index in [-0.39, 0.29) is 23.1 Å². The first-order chi connectivity index (χ1) is 15.2. The highest BCUT2D eigenvalue weighted by atomic mass is 16.7. The van der Waals surface area contributed by atoms with Crippen molar-refractivity contribution in [3.63, 3.8) is 0 Å². The molecule has 2 atom stereocenters. The van der Waals surface area contributed by atoms with Crippen molar-refractivity contribution in [2.24, 2.45) is 0 Å². The van der Waals surface area contributed by atoms with E-state index in [1.807, 2.05) is 30.3 Å². The molecule has 2 aliphatic heterocycles. The molecule has 8 nitrogen and oxygen atoms in total. The summed E-state index contributed by atoms with van der Waals surface area (Å²) >= 11 is 0. The number of non-ortho nitro benzene ring substituents is 1. The summed E-state index contributed by atoms with van der Waals surface area (Å²) in [6.07, 6.45) is 7.27. The van der Waals surface area contributed by atoms with E-state index < -0.39 is 0 Å². The number of hydrogen-bond donors (Lipinski definition) is 0. The topological polar surface area (TPSA) is 88.7 Å². The van der Waals surface area contributed by atoms with Crippen molar-refractivity contribution >= 4 is 16.6 Å². The van der Waals surface area contributed by atoms with Crippen LogP contribution in [-0.4, -0.2) is 34.2 Å². The zero-order chi connectivity index (χ0) is 21.2. The third-order valence-corrected chi connectivity index (χ3v) is 5.84. The molecule has 0 saturated carbocycles. The molecular weight excluding hydrogens is 398 g/mol. The van der Waals surface area contributed by atoms with Crippen LogP contribution in [-0.2, 0) is 9.47 Å². The van der Waals surface area contributed by atoms with Gasteiger partial charge in [0.25, 0.3) is 5.69 Å². The van der Waals surface area contributed by atoms with Crippen LogP contribution in [0.1, 0.15) is 44.8 Å². The van der Waals surface area contributed by atoms with Crippen LogP contribution in [0.4, 0.5) is 5.69 Å². The van der Waals surface area contributed by atoms with Crippen LogP contribution in [0.15, 0.2) is 42.6 Å². The summed E-state index contributed by atoms with van der Waals surface area (Å²) in [4.78, 5) is 11.5. The van der Waals surface area contributed by atoms with Gasteiger partial charge in [0.1, 0.15) is 12.0 Å². The number of aromatic nitrogens is 2. The second kappa shape index (κ2) is 8.64. The van der Waals surface area contributed by atoms with Crippen LogP contribution >= 0.6 is 0 Å². The SMILES string of the molecule is O=[N+]([O-])c1cc(-c2cccc(OC3CCCCO3)c2)cc2nn(C3CCCCO3)cc12. The van der Waals surface area contributed by atoms with Gasteiger partial charge in [0, 0.05) is 25.3 Å². The van der Waals surface area contributed by atoms with Gasteiger partial charge in [0.05, 0.1) is 22.4 Å².